The summed E-state index contributed by atoms with van der Waals surface area (Å²) in [6.07, 6.45) is 5.23. The molecule has 50 valence electrons. The van der Waals surface area contributed by atoms with Gasteiger partial charge in [-0.15, -0.1) is 19.7 Å². The molecule has 0 amide bonds. The molecule has 0 heterocycles. The summed E-state index contributed by atoms with van der Waals surface area (Å²) in [6.45, 7) is 11.4. The van der Waals surface area contributed by atoms with Crippen LogP contribution >= 0.6 is 0 Å². The van der Waals surface area contributed by atoms with Crippen LogP contribution in [-0.4, -0.2) is 6.54 Å². The number of hydrogen-bond acceptors (Lipinski definition) is 1. The third-order valence-electron chi connectivity index (χ3n) is 1.49. The van der Waals surface area contributed by atoms with Crippen molar-refractivity contribution < 1.29 is 0 Å². The quantitative estimate of drug-likeness (QED) is 0.563. The van der Waals surface area contributed by atoms with Gasteiger partial charge in [-0.2, -0.15) is 0 Å². The van der Waals surface area contributed by atoms with Crippen molar-refractivity contribution >= 4 is 0 Å². The fourth-order valence-electron chi connectivity index (χ4n) is 0.500. The highest BCUT2D eigenvalue weighted by Crippen LogP contribution is 2.18. The lowest BCUT2D eigenvalue weighted by Gasteiger charge is -2.18. The Hall–Kier alpha value is -0.820. The molecule has 0 aromatic heterocycles. The van der Waals surface area contributed by atoms with E-state index in [2.05, 4.69) is 19.7 Å². The minimum atomic E-state index is -0.264. The zero-order valence-corrected chi connectivity index (χ0v) is 5.64. The van der Waals surface area contributed by atoms with Crippen LogP contribution in [0.25, 0.3) is 0 Å². The van der Waals surface area contributed by atoms with Crippen LogP contribution in [0.3, 0.4) is 0 Å². The summed E-state index contributed by atoms with van der Waals surface area (Å²) in [5, 5.41) is 0. The fraction of sp³-hybridized carbons (Fsp3) is 0.250. The smallest absolute Gasteiger partial charge is 0.0357 e. The molecule has 0 aliphatic heterocycles. The van der Waals surface area contributed by atoms with Gasteiger partial charge in [0.05, 0.1) is 0 Å². The lowest BCUT2D eigenvalue weighted by Crippen LogP contribution is -2.22. The maximum atomic E-state index is 5.43. The molecule has 0 radical (unpaired) electrons. The standard InChI is InChI=1S/C8H13N/c1-4-8(5-2,6-3)7-9/h4-6H,1-3,7,9H2. The highest BCUT2D eigenvalue weighted by molar-refractivity contribution is 5.16. The molecule has 0 aliphatic rings. The van der Waals surface area contributed by atoms with Crippen molar-refractivity contribution in [1.29, 1.82) is 0 Å². The summed E-state index contributed by atoms with van der Waals surface area (Å²) in [6, 6.07) is 0. The fourth-order valence-corrected chi connectivity index (χ4v) is 0.500. The monoisotopic (exact) mass is 123 g/mol. The van der Waals surface area contributed by atoms with Crippen LogP contribution < -0.4 is 5.73 Å². The number of rotatable bonds is 4. The minimum Gasteiger partial charge on any atom is -0.329 e. The SMILES string of the molecule is C=CC(C=C)(C=C)CN. The average molecular weight is 123 g/mol. The van der Waals surface area contributed by atoms with Crippen molar-refractivity contribution in [1.82, 2.24) is 0 Å². The first-order chi connectivity index (χ1) is 4.24. The first-order valence-corrected chi connectivity index (χ1v) is 2.85. The Morgan fingerprint density at radius 2 is 1.44 bits per heavy atom. The summed E-state index contributed by atoms with van der Waals surface area (Å²) in [5.74, 6) is 0. The van der Waals surface area contributed by atoms with Crippen molar-refractivity contribution in [2.45, 2.75) is 0 Å². The molecule has 0 saturated carbocycles. The third kappa shape index (κ3) is 1.54. The van der Waals surface area contributed by atoms with Crippen LogP contribution in [-0.2, 0) is 0 Å². The molecule has 0 bridgehead atoms. The maximum absolute atomic E-state index is 5.43. The van der Waals surface area contributed by atoms with E-state index in [0.717, 1.165) is 0 Å². The Morgan fingerprint density at radius 3 is 1.44 bits per heavy atom. The second kappa shape index (κ2) is 3.25. The largest absolute Gasteiger partial charge is 0.329 e. The van der Waals surface area contributed by atoms with Gasteiger partial charge in [0.2, 0.25) is 0 Å². The normalized spacial score (nSPS) is 10.3. The third-order valence-corrected chi connectivity index (χ3v) is 1.49. The Balaban J connectivity index is 4.34. The van der Waals surface area contributed by atoms with Crippen LogP contribution in [0.4, 0.5) is 0 Å². The molecule has 0 spiro atoms. The molecule has 0 aromatic rings. The van der Waals surface area contributed by atoms with Crippen molar-refractivity contribution in [3.8, 4) is 0 Å². The van der Waals surface area contributed by atoms with Crippen LogP contribution in [0.1, 0.15) is 0 Å². The van der Waals surface area contributed by atoms with Gasteiger partial charge >= 0.3 is 0 Å². The van der Waals surface area contributed by atoms with Gasteiger partial charge in [0.15, 0.2) is 0 Å². The van der Waals surface area contributed by atoms with Gasteiger partial charge in [-0.25, -0.2) is 0 Å². The van der Waals surface area contributed by atoms with Crippen molar-refractivity contribution in [2.24, 2.45) is 11.1 Å². The van der Waals surface area contributed by atoms with Crippen molar-refractivity contribution in [3.63, 3.8) is 0 Å². The minimum absolute atomic E-state index is 0.264. The highest BCUT2D eigenvalue weighted by Gasteiger charge is 2.13. The van der Waals surface area contributed by atoms with E-state index in [-0.39, 0.29) is 5.41 Å². The predicted molar refractivity (Wildman–Crippen MR) is 42.1 cm³/mol. The molecule has 0 aliphatic carbocycles. The summed E-state index contributed by atoms with van der Waals surface area (Å²) in [7, 11) is 0. The zero-order chi connectivity index (χ0) is 7.33. The first-order valence-electron chi connectivity index (χ1n) is 2.85. The highest BCUT2D eigenvalue weighted by atomic mass is 14.6. The Kier molecular flexibility index (Phi) is 2.96. The van der Waals surface area contributed by atoms with Crippen LogP contribution in [0.15, 0.2) is 38.0 Å². The molecular formula is C8H13N. The van der Waals surface area contributed by atoms with E-state index in [1.54, 1.807) is 18.2 Å². The van der Waals surface area contributed by atoms with E-state index in [9.17, 15) is 0 Å². The summed E-state index contributed by atoms with van der Waals surface area (Å²) in [5.41, 5.74) is 5.16. The van der Waals surface area contributed by atoms with E-state index in [4.69, 9.17) is 5.73 Å². The molecule has 0 atom stereocenters. The molecule has 2 N–H and O–H groups in total. The van der Waals surface area contributed by atoms with Crippen LogP contribution in [0, 0.1) is 5.41 Å². The molecule has 1 heteroatoms. The van der Waals surface area contributed by atoms with Crippen LogP contribution in [0.2, 0.25) is 0 Å². The van der Waals surface area contributed by atoms with Gasteiger partial charge in [0.25, 0.3) is 0 Å². The van der Waals surface area contributed by atoms with E-state index < -0.39 is 0 Å². The van der Waals surface area contributed by atoms with E-state index in [1.165, 1.54) is 0 Å². The van der Waals surface area contributed by atoms with Gasteiger partial charge in [-0.1, -0.05) is 18.2 Å². The topological polar surface area (TPSA) is 26.0 Å². The van der Waals surface area contributed by atoms with Gasteiger partial charge < -0.3 is 5.73 Å². The van der Waals surface area contributed by atoms with Crippen molar-refractivity contribution in [2.75, 3.05) is 6.54 Å². The molecule has 9 heavy (non-hydrogen) atoms. The number of nitrogens with two attached hydrogens (primary N) is 1. The van der Waals surface area contributed by atoms with E-state index in [0.29, 0.717) is 6.54 Å². The average Bonchev–Trinajstić information content (AvgIpc) is 1.95. The molecule has 0 saturated heterocycles. The molecule has 0 aromatic carbocycles. The summed E-state index contributed by atoms with van der Waals surface area (Å²) in [4.78, 5) is 0. The molecule has 0 unspecified atom stereocenters. The van der Waals surface area contributed by atoms with Gasteiger partial charge in [-0.05, 0) is 0 Å². The molecule has 0 fully saturated rings. The second-order valence-electron chi connectivity index (χ2n) is 1.93. The van der Waals surface area contributed by atoms with Gasteiger partial charge in [0.1, 0.15) is 0 Å². The number of hydrogen-bond donors (Lipinski definition) is 1. The Bertz CT molecular complexity index is 103. The van der Waals surface area contributed by atoms with E-state index >= 15 is 0 Å². The van der Waals surface area contributed by atoms with Crippen LogP contribution in [0.5, 0.6) is 0 Å². The van der Waals surface area contributed by atoms with Gasteiger partial charge in [-0.3, -0.25) is 0 Å². The second-order valence-corrected chi connectivity index (χ2v) is 1.93. The predicted octanol–water partition coefficient (Wildman–Crippen LogP) is 1.49. The van der Waals surface area contributed by atoms with Gasteiger partial charge in [0, 0.05) is 12.0 Å². The Labute approximate surface area is 56.6 Å². The summed E-state index contributed by atoms with van der Waals surface area (Å²) >= 11 is 0. The Morgan fingerprint density at radius 1 is 1.11 bits per heavy atom. The lowest BCUT2D eigenvalue weighted by molar-refractivity contribution is 0.648. The molecule has 1 nitrogen and oxygen atoms in total. The molecule has 0 rings (SSSR count). The first kappa shape index (κ1) is 8.18. The van der Waals surface area contributed by atoms with Crippen molar-refractivity contribution in [3.05, 3.63) is 38.0 Å². The maximum Gasteiger partial charge on any atom is 0.0357 e. The summed E-state index contributed by atoms with van der Waals surface area (Å²) < 4.78 is 0. The lowest BCUT2D eigenvalue weighted by atomic mass is 9.89. The zero-order valence-electron chi connectivity index (χ0n) is 5.64. The molecular weight excluding hydrogens is 110 g/mol. The van der Waals surface area contributed by atoms with E-state index in [1.807, 2.05) is 0 Å².